The van der Waals surface area contributed by atoms with E-state index in [9.17, 15) is 0 Å². The summed E-state index contributed by atoms with van der Waals surface area (Å²) in [6.07, 6.45) is 3.66. The number of hydrogen-bond donors (Lipinski definition) is 0. The molecule has 0 aliphatic rings. The largest absolute Gasteiger partial charge is 0.498 e. The van der Waals surface area contributed by atoms with Crippen LogP contribution in [0.25, 0.3) is 54.7 Å². The second-order valence-electron chi connectivity index (χ2n) is 8.43. The summed E-state index contributed by atoms with van der Waals surface area (Å²) < 4.78 is 7.42. The first-order valence-electron chi connectivity index (χ1n) is 11.6. The van der Waals surface area contributed by atoms with Gasteiger partial charge in [0.1, 0.15) is 11.1 Å². The Bertz CT molecular complexity index is 1760. The Labute approximate surface area is 232 Å². The number of furan rings is 1. The molecule has 7 aromatic rings. The average molecular weight is 676 g/mol. The van der Waals surface area contributed by atoms with Crippen molar-refractivity contribution in [1.82, 2.24) is 15.0 Å². The molecule has 0 aliphatic heterocycles. The molecule has 4 aromatic heterocycles. The number of nitrogens with zero attached hydrogens (tertiary/aromatic N) is 3. The topological polar surface area (TPSA) is 51.8 Å². The zero-order valence-corrected chi connectivity index (χ0v) is 23.4. The number of pyridine rings is 2. The van der Waals surface area contributed by atoms with Crippen LogP contribution in [0.5, 0.6) is 0 Å². The maximum absolute atomic E-state index is 6.27. The fourth-order valence-electron chi connectivity index (χ4n) is 4.18. The molecule has 0 N–H and O–H groups in total. The van der Waals surface area contributed by atoms with Crippen LogP contribution in [-0.4, -0.2) is 15.0 Å². The summed E-state index contributed by atoms with van der Waals surface area (Å²) in [4.78, 5) is 13.4. The van der Waals surface area contributed by atoms with E-state index in [1.165, 1.54) is 0 Å². The van der Waals surface area contributed by atoms with Gasteiger partial charge in [-0.3, -0.25) is 0 Å². The fourth-order valence-corrected chi connectivity index (χ4v) is 5.01. The maximum atomic E-state index is 6.27. The van der Waals surface area contributed by atoms with Gasteiger partial charge in [0, 0.05) is 37.9 Å². The third-order valence-electron chi connectivity index (χ3n) is 5.88. The van der Waals surface area contributed by atoms with E-state index in [4.69, 9.17) is 4.42 Å². The number of aryl methyl sites for hydroxylation is 2. The third kappa shape index (κ3) is 4.96. The molecule has 4 nitrogen and oxygen atoms in total. The van der Waals surface area contributed by atoms with Crippen LogP contribution < -0.4 is 0 Å². The molecule has 1 radical (unpaired) electrons. The molecule has 183 valence electrons. The van der Waals surface area contributed by atoms with Crippen molar-refractivity contribution >= 4 is 43.5 Å². The van der Waals surface area contributed by atoms with Gasteiger partial charge in [-0.05, 0) is 42.9 Å². The van der Waals surface area contributed by atoms with Crippen LogP contribution in [0, 0.1) is 26.0 Å². The van der Waals surface area contributed by atoms with E-state index < -0.39 is 0 Å². The predicted molar refractivity (Wildman–Crippen MR) is 147 cm³/mol. The molecule has 0 saturated heterocycles. The molecule has 4 heterocycles. The van der Waals surface area contributed by atoms with Crippen molar-refractivity contribution in [2.24, 2.45) is 0 Å². The van der Waals surface area contributed by atoms with Gasteiger partial charge in [-0.1, -0.05) is 41.3 Å². The molecule has 0 fully saturated rings. The van der Waals surface area contributed by atoms with Crippen LogP contribution in [0.3, 0.4) is 0 Å². The fraction of sp³-hybridized carbons (Fsp3) is 0.0645. The minimum absolute atomic E-state index is 0. The SMILES string of the molecule is Cc1ccc(-c2[c-]ccc3c2oc2c3ccc3sc(C)nc32)nc1.[Ir].[c-]1ccccc1-c1ccccn1. The molecule has 0 unspecified atom stereocenters. The Hall–Kier alpha value is -3.70. The van der Waals surface area contributed by atoms with Gasteiger partial charge in [-0.15, -0.1) is 65.4 Å². The molecule has 37 heavy (non-hydrogen) atoms. The molecule has 0 bridgehead atoms. The monoisotopic (exact) mass is 676 g/mol. The van der Waals surface area contributed by atoms with Crippen molar-refractivity contribution < 1.29 is 24.5 Å². The minimum atomic E-state index is 0. The van der Waals surface area contributed by atoms with Gasteiger partial charge < -0.3 is 14.4 Å². The number of thiazole rings is 1. The van der Waals surface area contributed by atoms with Gasteiger partial charge in [-0.25, -0.2) is 4.98 Å². The van der Waals surface area contributed by atoms with Crippen LogP contribution in [-0.2, 0) is 20.1 Å². The molecule has 7 rings (SSSR count). The number of fused-ring (bicyclic) bond motifs is 5. The average Bonchev–Trinajstić information content (AvgIpc) is 3.50. The number of rotatable bonds is 2. The molecule has 6 heteroatoms. The molecule has 0 atom stereocenters. The van der Waals surface area contributed by atoms with E-state index in [1.807, 2.05) is 80.7 Å². The normalized spacial score (nSPS) is 10.8. The van der Waals surface area contributed by atoms with Crippen molar-refractivity contribution in [1.29, 1.82) is 0 Å². The Balaban J connectivity index is 0.000000183. The van der Waals surface area contributed by atoms with Crippen LogP contribution in [0.4, 0.5) is 0 Å². The first-order chi connectivity index (χ1) is 17.7. The van der Waals surface area contributed by atoms with Gasteiger partial charge >= 0.3 is 0 Å². The van der Waals surface area contributed by atoms with Gasteiger partial charge in [0.15, 0.2) is 0 Å². The Kier molecular flexibility index (Phi) is 7.24. The van der Waals surface area contributed by atoms with E-state index in [0.29, 0.717) is 0 Å². The molecule has 0 amide bonds. The van der Waals surface area contributed by atoms with Crippen molar-refractivity contribution in [2.75, 3.05) is 0 Å². The summed E-state index contributed by atoms with van der Waals surface area (Å²) >= 11 is 1.69. The van der Waals surface area contributed by atoms with Gasteiger partial charge in [0.25, 0.3) is 0 Å². The summed E-state index contributed by atoms with van der Waals surface area (Å²) in [5, 5.41) is 3.21. The van der Waals surface area contributed by atoms with Crippen molar-refractivity contribution in [2.45, 2.75) is 13.8 Å². The van der Waals surface area contributed by atoms with E-state index in [0.717, 1.165) is 65.2 Å². The molecule has 3 aromatic carbocycles. The Morgan fingerprint density at radius 1 is 0.757 bits per heavy atom. The third-order valence-corrected chi connectivity index (χ3v) is 6.82. The quantitative estimate of drug-likeness (QED) is 0.173. The van der Waals surface area contributed by atoms with Crippen molar-refractivity contribution in [3.05, 3.63) is 114 Å². The smallest absolute Gasteiger partial charge is 0.148 e. The molecule has 0 aliphatic carbocycles. The minimum Gasteiger partial charge on any atom is -0.498 e. The standard InChI is InChI=1S/C20H13N2OS.C11H8N.Ir/c1-11-6-8-16(21-10-11)15-5-3-4-13-14-7-9-17-18(22-12(2)24-17)20(14)23-19(13)15;1-2-6-10(7-3-1)11-8-4-5-9-12-11;/h3-4,6-10H,1-2H3;1-6,8-9H;/q2*-1;. The molecular formula is C31H21IrN3OS-2. The Morgan fingerprint density at radius 3 is 2.38 bits per heavy atom. The van der Waals surface area contributed by atoms with Gasteiger partial charge in [0.05, 0.1) is 15.3 Å². The van der Waals surface area contributed by atoms with Crippen LogP contribution in [0.15, 0.2) is 95.7 Å². The van der Waals surface area contributed by atoms with E-state index in [1.54, 1.807) is 17.5 Å². The van der Waals surface area contributed by atoms with Gasteiger partial charge in [0.2, 0.25) is 0 Å². The number of aromatic nitrogens is 3. The maximum Gasteiger partial charge on any atom is 0.148 e. The van der Waals surface area contributed by atoms with E-state index in [-0.39, 0.29) is 20.1 Å². The molecule has 0 saturated carbocycles. The summed E-state index contributed by atoms with van der Waals surface area (Å²) in [6.45, 7) is 4.05. The second-order valence-corrected chi connectivity index (χ2v) is 9.67. The van der Waals surface area contributed by atoms with Crippen LogP contribution in [0.1, 0.15) is 10.6 Å². The Morgan fingerprint density at radius 2 is 1.62 bits per heavy atom. The second kappa shape index (κ2) is 10.7. The van der Waals surface area contributed by atoms with Crippen LogP contribution in [0.2, 0.25) is 0 Å². The predicted octanol–water partition coefficient (Wildman–Crippen LogP) is 8.22. The van der Waals surface area contributed by atoms with E-state index >= 15 is 0 Å². The number of benzene rings is 3. The first-order valence-corrected chi connectivity index (χ1v) is 12.4. The van der Waals surface area contributed by atoms with Crippen LogP contribution >= 0.6 is 11.3 Å². The summed E-state index contributed by atoms with van der Waals surface area (Å²) in [5.41, 5.74) is 7.52. The summed E-state index contributed by atoms with van der Waals surface area (Å²) in [5.74, 6) is 0. The molecular weight excluding hydrogens is 655 g/mol. The molecule has 0 spiro atoms. The van der Waals surface area contributed by atoms with E-state index in [2.05, 4.69) is 45.3 Å². The number of hydrogen-bond acceptors (Lipinski definition) is 5. The van der Waals surface area contributed by atoms with Gasteiger partial charge in [-0.2, -0.15) is 0 Å². The van der Waals surface area contributed by atoms with Crippen molar-refractivity contribution in [3.8, 4) is 22.5 Å². The summed E-state index contributed by atoms with van der Waals surface area (Å²) in [6, 6.07) is 32.4. The zero-order valence-electron chi connectivity index (χ0n) is 20.2. The summed E-state index contributed by atoms with van der Waals surface area (Å²) in [7, 11) is 0. The zero-order chi connectivity index (χ0) is 24.5. The van der Waals surface area contributed by atoms with Crippen molar-refractivity contribution in [3.63, 3.8) is 0 Å². The first kappa shape index (κ1) is 25.0.